The van der Waals surface area contributed by atoms with Crippen molar-refractivity contribution in [2.75, 3.05) is 12.3 Å². The molecule has 0 bridgehead atoms. The largest absolute Gasteiger partial charge is 0.347 e. The molecule has 28 heavy (non-hydrogen) atoms. The highest BCUT2D eigenvalue weighted by Crippen LogP contribution is 2.30. The van der Waals surface area contributed by atoms with E-state index in [1.54, 1.807) is 32.9 Å². The molecule has 1 saturated heterocycles. The van der Waals surface area contributed by atoms with Crippen LogP contribution in [0.4, 0.5) is 4.39 Å². The van der Waals surface area contributed by atoms with Crippen LogP contribution in [0.3, 0.4) is 0 Å². The van der Waals surface area contributed by atoms with E-state index in [1.165, 1.54) is 34.9 Å². The van der Waals surface area contributed by atoms with E-state index in [0.717, 1.165) is 5.56 Å². The average Bonchev–Trinajstić information content (AvgIpc) is 2.93. The predicted octanol–water partition coefficient (Wildman–Crippen LogP) is 3.67. The van der Waals surface area contributed by atoms with Crippen LogP contribution in [0.1, 0.15) is 46.2 Å². The number of ketones is 1. The fraction of sp³-hybridized carbons (Fsp3) is 0.476. The summed E-state index contributed by atoms with van der Waals surface area (Å²) in [5.74, 6) is -0.668. The Morgan fingerprint density at radius 1 is 1.25 bits per heavy atom. The molecule has 1 aromatic carbocycles. The molecule has 152 valence electrons. The molecule has 7 heteroatoms. The van der Waals surface area contributed by atoms with Gasteiger partial charge in [-0.3, -0.25) is 19.3 Å². The van der Waals surface area contributed by atoms with Crippen LogP contribution in [0.5, 0.6) is 0 Å². The molecule has 1 N–H and O–H groups in total. The summed E-state index contributed by atoms with van der Waals surface area (Å²) in [5, 5.41) is 3.43. The van der Waals surface area contributed by atoms with Gasteiger partial charge >= 0.3 is 0 Å². The normalized spacial score (nSPS) is 17.3. The Hall–Kier alpha value is -2.15. The van der Waals surface area contributed by atoms with E-state index in [9.17, 15) is 18.8 Å². The van der Waals surface area contributed by atoms with Crippen LogP contribution >= 0.6 is 11.8 Å². The van der Waals surface area contributed by atoms with E-state index in [-0.39, 0.29) is 47.7 Å². The summed E-state index contributed by atoms with van der Waals surface area (Å²) in [6, 6.07) is 5.70. The lowest BCUT2D eigenvalue weighted by Gasteiger charge is -2.25. The second kappa shape index (κ2) is 8.90. The van der Waals surface area contributed by atoms with Crippen LogP contribution in [0, 0.1) is 17.2 Å². The number of nitrogens with one attached hydrogen (secondary N) is 1. The minimum absolute atomic E-state index is 0.0792. The lowest BCUT2D eigenvalue weighted by molar-refractivity contribution is -0.131. The minimum Gasteiger partial charge on any atom is -0.347 e. The van der Waals surface area contributed by atoms with E-state index < -0.39 is 5.41 Å². The van der Waals surface area contributed by atoms with E-state index in [0.29, 0.717) is 5.03 Å². The lowest BCUT2D eigenvalue weighted by Crippen LogP contribution is -2.40. The number of hydrogen-bond acceptors (Lipinski definition) is 4. The second-order valence-electron chi connectivity index (χ2n) is 8.21. The monoisotopic (exact) mass is 406 g/mol. The molecule has 1 aromatic rings. The van der Waals surface area contributed by atoms with Crippen LogP contribution in [-0.2, 0) is 14.4 Å². The first-order chi connectivity index (χ1) is 13.0. The van der Waals surface area contributed by atoms with Gasteiger partial charge in [-0.25, -0.2) is 4.39 Å². The van der Waals surface area contributed by atoms with Crippen LogP contribution in [-0.4, -0.2) is 34.8 Å². The Bertz CT molecular complexity index is 782. The van der Waals surface area contributed by atoms with Crippen molar-refractivity contribution >= 4 is 29.4 Å². The molecule has 0 radical (unpaired) electrons. The number of amides is 2. The maximum absolute atomic E-state index is 13.2. The third kappa shape index (κ3) is 5.67. The highest BCUT2D eigenvalue weighted by Gasteiger charge is 2.31. The van der Waals surface area contributed by atoms with E-state index in [1.807, 2.05) is 13.8 Å². The second-order valence-corrected chi connectivity index (χ2v) is 9.20. The van der Waals surface area contributed by atoms with Gasteiger partial charge in [-0.05, 0) is 23.6 Å². The fourth-order valence-electron chi connectivity index (χ4n) is 2.70. The number of nitrogens with zero attached hydrogens (tertiary/aromatic N) is 1. The van der Waals surface area contributed by atoms with Crippen molar-refractivity contribution in [2.24, 2.45) is 11.3 Å². The number of hydrogen-bond donors (Lipinski definition) is 1. The van der Waals surface area contributed by atoms with Gasteiger partial charge in [-0.2, -0.15) is 0 Å². The van der Waals surface area contributed by atoms with Crippen LogP contribution in [0.2, 0.25) is 0 Å². The zero-order valence-electron chi connectivity index (χ0n) is 16.9. The summed E-state index contributed by atoms with van der Waals surface area (Å²) in [6.07, 6.45) is 1.45. The molecule has 1 unspecified atom stereocenters. The Kier molecular flexibility index (Phi) is 7.04. The molecule has 5 nitrogen and oxygen atoms in total. The molecule has 2 amide bonds. The molecule has 2 rings (SSSR count). The van der Waals surface area contributed by atoms with Gasteiger partial charge in [0.05, 0.1) is 16.8 Å². The topological polar surface area (TPSA) is 66.5 Å². The zero-order chi connectivity index (χ0) is 21.1. The maximum Gasteiger partial charge on any atom is 0.240 e. The minimum atomic E-state index is -0.557. The van der Waals surface area contributed by atoms with Crippen molar-refractivity contribution in [3.63, 3.8) is 0 Å². The van der Waals surface area contributed by atoms with Gasteiger partial charge in [0.2, 0.25) is 11.8 Å². The van der Waals surface area contributed by atoms with Crippen molar-refractivity contribution in [1.29, 1.82) is 0 Å². The van der Waals surface area contributed by atoms with Crippen LogP contribution < -0.4 is 5.32 Å². The van der Waals surface area contributed by atoms with Crippen LogP contribution in [0.15, 0.2) is 35.4 Å². The summed E-state index contributed by atoms with van der Waals surface area (Å²) in [5.41, 5.74) is 0.240. The van der Waals surface area contributed by atoms with Gasteiger partial charge in [-0.15, -0.1) is 0 Å². The van der Waals surface area contributed by atoms with E-state index in [2.05, 4.69) is 5.32 Å². The highest BCUT2D eigenvalue weighted by molar-refractivity contribution is 8.04. The van der Waals surface area contributed by atoms with Crippen molar-refractivity contribution in [3.8, 4) is 0 Å². The maximum atomic E-state index is 13.2. The van der Waals surface area contributed by atoms with E-state index >= 15 is 0 Å². The van der Waals surface area contributed by atoms with Crippen molar-refractivity contribution < 1.29 is 18.8 Å². The summed E-state index contributed by atoms with van der Waals surface area (Å²) >= 11 is 1.26. The number of benzene rings is 1. The van der Waals surface area contributed by atoms with Gasteiger partial charge < -0.3 is 5.32 Å². The lowest BCUT2D eigenvalue weighted by atomic mass is 9.91. The van der Waals surface area contributed by atoms with Gasteiger partial charge in [0.1, 0.15) is 12.4 Å². The molecular formula is C21H27FN2O3S. The molecule has 0 aliphatic carbocycles. The first-order valence-electron chi connectivity index (χ1n) is 9.23. The molecule has 0 aromatic heterocycles. The summed E-state index contributed by atoms with van der Waals surface area (Å²) in [6.45, 7) is 9.18. The third-order valence-electron chi connectivity index (χ3n) is 4.42. The Morgan fingerprint density at radius 2 is 1.86 bits per heavy atom. The van der Waals surface area contributed by atoms with Gasteiger partial charge in [0.25, 0.3) is 0 Å². The first-order valence-corrected chi connectivity index (χ1v) is 10.2. The molecular weight excluding hydrogens is 379 g/mol. The van der Waals surface area contributed by atoms with E-state index in [4.69, 9.17) is 0 Å². The molecule has 1 fully saturated rings. The quantitative estimate of drug-likeness (QED) is 0.732. The molecule has 1 atom stereocenters. The molecule has 1 aliphatic heterocycles. The fourth-order valence-corrected chi connectivity index (χ4v) is 3.64. The zero-order valence-corrected chi connectivity index (χ0v) is 17.7. The SMILES string of the molecule is CC(C)C(NC(=O)CN1C(=O)CS/C1=C\C(=O)C(C)(C)C)c1ccc(F)cc1. The number of carbonyl (C=O) groups is 3. The van der Waals surface area contributed by atoms with Crippen molar-refractivity contribution in [2.45, 2.75) is 40.7 Å². The number of carbonyl (C=O) groups excluding carboxylic acids is 3. The Balaban J connectivity index is 2.12. The van der Waals surface area contributed by atoms with Gasteiger partial charge in [0, 0.05) is 11.5 Å². The predicted molar refractivity (Wildman–Crippen MR) is 109 cm³/mol. The Morgan fingerprint density at radius 3 is 2.39 bits per heavy atom. The Labute approximate surface area is 169 Å². The molecule has 0 spiro atoms. The van der Waals surface area contributed by atoms with Gasteiger partial charge in [-0.1, -0.05) is 58.5 Å². The average molecular weight is 407 g/mol. The summed E-state index contributed by atoms with van der Waals surface area (Å²) in [4.78, 5) is 38.5. The third-order valence-corrected chi connectivity index (χ3v) is 5.44. The molecule has 1 aliphatic rings. The van der Waals surface area contributed by atoms with Crippen LogP contribution in [0.25, 0.3) is 0 Å². The number of halogens is 1. The van der Waals surface area contributed by atoms with Crippen molar-refractivity contribution in [1.82, 2.24) is 10.2 Å². The first kappa shape index (κ1) is 22.1. The highest BCUT2D eigenvalue weighted by atomic mass is 32.2. The van der Waals surface area contributed by atoms with Gasteiger partial charge in [0.15, 0.2) is 5.78 Å². The smallest absolute Gasteiger partial charge is 0.240 e. The number of thioether (sulfide) groups is 1. The number of rotatable bonds is 6. The standard InChI is InChI=1S/C21H27FN2O3S/c1-13(2)20(14-6-8-15(22)9-7-14)23-17(26)11-24-18(27)12-28-19(24)10-16(25)21(3,4)5/h6-10,13,20H,11-12H2,1-5H3,(H,23,26)/b19-10-. The summed E-state index contributed by atoms with van der Waals surface area (Å²) in [7, 11) is 0. The molecule has 0 saturated carbocycles. The molecule has 1 heterocycles. The summed E-state index contributed by atoms with van der Waals surface area (Å²) < 4.78 is 13.2. The number of allylic oxidation sites excluding steroid dienone is 1. The van der Waals surface area contributed by atoms with Crippen molar-refractivity contribution in [3.05, 3.63) is 46.8 Å².